The molecule has 2 heteroatoms. The van der Waals surface area contributed by atoms with Crippen LogP contribution >= 0.6 is 11.8 Å². The Balaban J connectivity index is 2.14. The largest absolute Gasteiger partial charge is 0.301 e. The summed E-state index contributed by atoms with van der Waals surface area (Å²) in [5, 5.41) is 0. The minimum absolute atomic E-state index is 0.264. The van der Waals surface area contributed by atoms with E-state index in [1.165, 1.54) is 17.9 Å². The van der Waals surface area contributed by atoms with Gasteiger partial charge in [-0.3, -0.25) is 0 Å². The van der Waals surface area contributed by atoms with Crippen LogP contribution < -0.4 is 0 Å². The van der Waals surface area contributed by atoms with Crippen molar-refractivity contribution in [2.75, 3.05) is 19.3 Å². The molecule has 0 spiro atoms. The number of hydrogen-bond acceptors (Lipinski definition) is 2. The molecular weight excluding hydrogens is 226 g/mol. The van der Waals surface area contributed by atoms with Crippen molar-refractivity contribution in [2.45, 2.75) is 43.5 Å². The van der Waals surface area contributed by atoms with Crippen LogP contribution in [0, 0.1) is 0 Å². The van der Waals surface area contributed by atoms with Crippen molar-refractivity contribution in [1.82, 2.24) is 4.90 Å². The molecule has 0 saturated heterocycles. The molecule has 2 aliphatic rings. The van der Waals surface area contributed by atoms with Gasteiger partial charge in [-0.1, -0.05) is 26.8 Å². The molecule has 0 aromatic heterocycles. The average molecular weight is 247 g/mol. The Morgan fingerprint density at radius 3 is 2.76 bits per heavy atom. The summed E-state index contributed by atoms with van der Waals surface area (Å²) in [6.45, 7) is 9.30. The van der Waals surface area contributed by atoms with E-state index >= 15 is 0 Å². The molecule has 0 amide bonds. The Morgan fingerprint density at radius 1 is 1.29 bits per heavy atom. The SMILES string of the molecule is CN1Cc2cc(C(C)(C)C)cc3c2C(CS3)C1. The fourth-order valence-electron chi connectivity index (χ4n) is 2.98. The first-order valence-corrected chi connectivity index (χ1v) is 7.42. The summed E-state index contributed by atoms with van der Waals surface area (Å²) in [7, 11) is 2.25. The van der Waals surface area contributed by atoms with Gasteiger partial charge in [0.25, 0.3) is 0 Å². The van der Waals surface area contributed by atoms with Crippen molar-refractivity contribution in [1.29, 1.82) is 0 Å². The molecular formula is C15H21NS. The summed E-state index contributed by atoms with van der Waals surface area (Å²) in [4.78, 5) is 4.03. The van der Waals surface area contributed by atoms with Crippen LogP contribution in [0.2, 0.25) is 0 Å². The lowest BCUT2D eigenvalue weighted by Gasteiger charge is -2.31. The molecule has 0 radical (unpaired) electrons. The lowest BCUT2D eigenvalue weighted by Crippen LogP contribution is -2.30. The Morgan fingerprint density at radius 2 is 2.06 bits per heavy atom. The van der Waals surface area contributed by atoms with Crippen LogP contribution in [0.5, 0.6) is 0 Å². The van der Waals surface area contributed by atoms with Gasteiger partial charge in [0, 0.05) is 29.7 Å². The van der Waals surface area contributed by atoms with Crippen molar-refractivity contribution in [3.63, 3.8) is 0 Å². The van der Waals surface area contributed by atoms with Gasteiger partial charge in [0.2, 0.25) is 0 Å². The molecule has 0 bridgehead atoms. The lowest BCUT2D eigenvalue weighted by molar-refractivity contribution is 0.289. The highest BCUT2D eigenvalue weighted by Crippen LogP contribution is 2.46. The van der Waals surface area contributed by atoms with Crippen LogP contribution in [-0.2, 0) is 12.0 Å². The third-order valence-electron chi connectivity index (χ3n) is 3.91. The molecule has 1 unspecified atom stereocenters. The van der Waals surface area contributed by atoms with Crippen molar-refractivity contribution in [3.8, 4) is 0 Å². The van der Waals surface area contributed by atoms with Crippen LogP contribution in [0.25, 0.3) is 0 Å². The molecule has 0 saturated carbocycles. The highest BCUT2D eigenvalue weighted by atomic mass is 32.2. The van der Waals surface area contributed by atoms with E-state index in [1.807, 2.05) is 0 Å². The molecule has 2 heterocycles. The summed E-state index contributed by atoms with van der Waals surface area (Å²) in [5.74, 6) is 2.05. The molecule has 0 aliphatic carbocycles. The van der Waals surface area contributed by atoms with E-state index in [0.717, 1.165) is 12.5 Å². The van der Waals surface area contributed by atoms with Crippen LogP contribution in [0.3, 0.4) is 0 Å². The molecule has 1 aromatic rings. The highest BCUT2D eigenvalue weighted by Gasteiger charge is 2.32. The van der Waals surface area contributed by atoms with Crippen molar-refractivity contribution < 1.29 is 0 Å². The predicted octanol–water partition coefficient (Wildman–Crippen LogP) is 3.62. The Labute approximate surface area is 109 Å². The maximum Gasteiger partial charge on any atom is 0.0234 e. The van der Waals surface area contributed by atoms with Crippen LogP contribution in [0.15, 0.2) is 17.0 Å². The molecule has 92 valence electrons. The first-order chi connectivity index (χ1) is 7.95. The summed E-state index contributed by atoms with van der Waals surface area (Å²) in [6.07, 6.45) is 0. The number of thioether (sulfide) groups is 1. The maximum atomic E-state index is 2.47. The van der Waals surface area contributed by atoms with E-state index in [1.54, 1.807) is 16.0 Å². The average Bonchev–Trinajstić information content (AvgIpc) is 2.60. The molecule has 0 N–H and O–H groups in total. The first kappa shape index (κ1) is 11.6. The molecule has 1 atom stereocenters. The minimum atomic E-state index is 0.264. The van der Waals surface area contributed by atoms with E-state index in [0.29, 0.717) is 0 Å². The van der Waals surface area contributed by atoms with E-state index in [2.05, 4.69) is 56.6 Å². The summed E-state index contributed by atoms with van der Waals surface area (Å²) in [6, 6.07) is 4.89. The normalized spacial score (nSPS) is 23.9. The van der Waals surface area contributed by atoms with E-state index < -0.39 is 0 Å². The maximum absolute atomic E-state index is 2.47. The first-order valence-electron chi connectivity index (χ1n) is 6.44. The second-order valence-corrected chi connectivity index (χ2v) is 7.56. The van der Waals surface area contributed by atoms with E-state index in [-0.39, 0.29) is 5.41 Å². The number of hydrogen-bond donors (Lipinski definition) is 0. The molecule has 0 fully saturated rings. The fraction of sp³-hybridized carbons (Fsp3) is 0.600. The third kappa shape index (κ3) is 1.92. The molecule has 17 heavy (non-hydrogen) atoms. The van der Waals surface area contributed by atoms with Gasteiger partial charge in [0.05, 0.1) is 0 Å². The number of nitrogens with zero attached hydrogens (tertiary/aromatic N) is 1. The minimum Gasteiger partial charge on any atom is -0.301 e. The molecule has 1 nitrogen and oxygen atoms in total. The number of rotatable bonds is 0. The molecule has 1 aromatic carbocycles. The van der Waals surface area contributed by atoms with Gasteiger partial charge in [0.1, 0.15) is 0 Å². The van der Waals surface area contributed by atoms with Crippen molar-refractivity contribution in [2.24, 2.45) is 0 Å². The summed E-state index contributed by atoms with van der Waals surface area (Å²) in [5.41, 5.74) is 5.01. The number of benzene rings is 1. The van der Waals surface area contributed by atoms with Gasteiger partial charge < -0.3 is 4.90 Å². The zero-order chi connectivity index (χ0) is 12.2. The second kappa shape index (κ2) is 3.76. The quantitative estimate of drug-likeness (QED) is 0.689. The Bertz CT molecular complexity index is 459. The monoisotopic (exact) mass is 247 g/mol. The lowest BCUT2D eigenvalue weighted by atomic mass is 9.82. The fourth-order valence-corrected chi connectivity index (χ4v) is 4.30. The summed E-state index contributed by atoms with van der Waals surface area (Å²) < 4.78 is 0. The van der Waals surface area contributed by atoms with Crippen LogP contribution in [0.4, 0.5) is 0 Å². The standard InChI is InChI=1S/C15H21NS/c1-15(2,3)12-5-10-7-16(4)8-11-9-17-13(6-12)14(10)11/h5-6,11H,7-9H2,1-4H3. The van der Waals surface area contributed by atoms with E-state index in [4.69, 9.17) is 0 Å². The topological polar surface area (TPSA) is 3.24 Å². The second-order valence-electron chi connectivity index (χ2n) is 6.50. The highest BCUT2D eigenvalue weighted by molar-refractivity contribution is 7.99. The van der Waals surface area contributed by atoms with Gasteiger partial charge >= 0.3 is 0 Å². The van der Waals surface area contributed by atoms with Gasteiger partial charge in [-0.15, -0.1) is 11.8 Å². The Kier molecular flexibility index (Phi) is 2.57. The van der Waals surface area contributed by atoms with Gasteiger partial charge in [-0.05, 0) is 35.2 Å². The van der Waals surface area contributed by atoms with Crippen molar-refractivity contribution >= 4 is 11.8 Å². The Hall–Kier alpha value is -0.470. The van der Waals surface area contributed by atoms with E-state index in [9.17, 15) is 0 Å². The zero-order valence-electron chi connectivity index (χ0n) is 11.2. The van der Waals surface area contributed by atoms with Crippen molar-refractivity contribution in [3.05, 3.63) is 28.8 Å². The van der Waals surface area contributed by atoms with Gasteiger partial charge in [-0.25, -0.2) is 0 Å². The zero-order valence-corrected chi connectivity index (χ0v) is 12.0. The van der Waals surface area contributed by atoms with Crippen LogP contribution in [-0.4, -0.2) is 24.2 Å². The molecule has 3 rings (SSSR count). The van der Waals surface area contributed by atoms with Crippen LogP contribution in [0.1, 0.15) is 43.4 Å². The third-order valence-corrected chi connectivity index (χ3v) is 5.13. The van der Waals surface area contributed by atoms with Gasteiger partial charge in [-0.2, -0.15) is 0 Å². The molecule has 2 aliphatic heterocycles. The smallest absolute Gasteiger partial charge is 0.0234 e. The number of likely N-dealkylation sites (N-methyl/N-ethyl adjacent to an activating group) is 1. The van der Waals surface area contributed by atoms with Gasteiger partial charge in [0.15, 0.2) is 0 Å². The summed E-state index contributed by atoms with van der Waals surface area (Å²) >= 11 is 2.06. The predicted molar refractivity (Wildman–Crippen MR) is 74.9 cm³/mol.